The smallest absolute Gasteiger partial charge is 0.124 e. The summed E-state index contributed by atoms with van der Waals surface area (Å²) in [7, 11) is 0. The van der Waals surface area contributed by atoms with Crippen LogP contribution >= 0.6 is 0 Å². The predicted molar refractivity (Wildman–Crippen MR) is 83.3 cm³/mol. The number of aliphatic hydroxyl groups is 1. The van der Waals surface area contributed by atoms with Crippen molar-refractivity contribution >= 4 is 5.69 Å². The van der Waals surface area contributed by atoms with E-state index >= 15 is 0 Å². The Morgan fingerprint density at radius 1 is 1.15 bits per heavy atom. The van der Waals surface area contributed by atoms with E-state index < -0.39 is 0 Å². The number of benzene rings is 1. The van der Waals surface area contributed by atoms with E-state index in [-0.39, 0.29) is 6.61 Å². The van der Waals surface area contributed by atoms with Gasteiger partial charge in [0.2, 0.25) is 0 Å². The Morgan fingerprint density at radius 3 is 2.50 bits per heavy atom. The van der Waals surface area contributed by atoms with Crippen LogP contribution in [0.2, 0.25) is 0 Å². The summed E-state index contributed by atoms with van der Waals surface area (Å²) in [5.41, 5.74) is 1.96. The van der Waals surface area contributed by atoms with Crippen LogP contribution in [0.4, 0.5) is 5.69 Å². The summed E-state index contributed by atoms with van der Waals surface area (Å²) in [5.74, 6) is 0.790. The van der Waals surface area contributed by atoms with Gasteiger partial charge >= 0.3 is 0 Å². The number of nitrogens with one attached hydrogen (secondary N) is 1. The van der Waals surface area contributed by atoms with E-state index in [1.807, 2.05) is 19.1 Å². The molecule has 0 atom stereocenters. The second-order valence-corrected chi connectivity index (χ2v) is 5.60. The van der Waals surface area contributed by atoms with Crippen molar-refractivity contribution in [2.45, 2.75) is 64.5 Å². The number of rotatable bonds is 5. The quantitative estimate of drug-likeness (QED) is 0.851. The van der Waals surface area contributed by atoms with Gasteiger partial charge in [-0.25, -0.2) is 0 Å². The van der Waals surface area contributed by atoms with Gasteiger partial charge in [0, 0.05) is 17.3 Å². The number of anilines is 1. The third kappa shape index (κ3) is 4.41. The SMILES string of the molecule is CCOc1ccc(NC2CCCCCCC2)cc1CO. The summed E-state index contributed by atoms with van der Waals surface area (Å²) in [6, 6.07) is 6.60. The third-order valence-electron chi connectivity index (χ3n) is 4.01. The Balaban J connectivity index is 2.00. The molecule has 1 saturated carbocycles. The van der Waals surface area contributed by atoms with Gasteiger partial charge in [-0.05, 0) is 38.0 Å². The van der Waals surface area contributed by atoms with Gasteiger partial charge in [0.25, 0.3) is 0 Å². The first-order valence-corrected chi connectivity index (χ1v) is 7.96. The molecule has 0 unspecified atom stereocenters. The van der Waals surface area contributed by atoms with E-state index in [1.165, 1.54) is 44.9 Å². The lowest BCUT2D eigenvalue weighted by Gasteiger charge is -2.22. The first-order chi connectivity index (χ1) is 9.83. The highest BCUT2D eigenvalue weighted by molar-refractivity contribution is 5.51. The monoisotopic (exact) mass is 277 g/mol. The van der Waals surface area contributed by atoms with Crippen LogP contribution in [-0.4, -0.2) is 17.8 Å². The fourth-order valence-electron chi connectivity index (χ4n) is 2.93. The van der Waals surface area contributed by atoms with Crippen LogP contribution in [0.3, 0.4) is 0 Å². The maximum absolute atomic E-state index is 9.45. The molecule has 0 heterocycles. The second-order valence-electron chi connectivity index (χ2n) is 5.60. The van der Waals surface area contributed by atoms with Gasteiger partial charge in [0.1, 0.15) is 5.75 Å². The van der Waals surface area contributed by atoms with Crippen LogP contribution < -0.4 is 10.1 Å². The highest BCUT2D eigenvalue weighted by atomic mass is 16.5. The molecule has 1 aromatic carbocycles. The van der Waals surface area contributed by atoms with E-state index in [4.69, 9.17) is 4.74 Å². The molecule has 1 fully saturated rings. The average Bonchev–Trinajstić information content (AvgIpc) is 2.43. The lowest BCUT2D eigenvalue weighted by Crippen LogP contribution is -2.20. The number of hydrogen-bond acceptors (Lipinski definition) is 3. The molecule has 3 nitrogen and oxygen atoms in total. The number of hydrogen-bond donors (Lipinski definition) is 2. The minimum atomic E-state index is 0.0233. The van der Waals surface area contributed by atoms with Crippen molar-refractivity contribution in [1.29, 1.82) is 0 Å². The van der Waals surface area contributed by atoms with E-state index in [1.54, 1.807) is 0 Å². The molecule has 0 bridgehead atoms. The minimum Gasteiger partial charge on any atom is -0.494 e. The fraction of sp³-hybridized carbons (Fsp3) is 0.647. The molecule has 20 heavy (non-hydrogen) atoms. The van der Waals surface area contributed by atoms with Gasteiger partial charge in [-0.1, -0.05) is 32.1 Å². The normalized spacial score (nSPS) is 17.3. The number of aliphatic hydroxyl groups excluding tert-OH is 1. The van der Waals surface area contributed by atoms with Crippen molar-refractivity contribution in [3.05, 3.63) is 23.8 Å². The Hall–Kier alpha value is -1.22. The average molecular weight is 277 g/mol. The zero-order valence-corrected chi connectivity index (χ0v) is 12.5. The largest absolute Gasteiger partial charge is 0.494 e. The van der Waals surface area contributed by atoms with Crippen molar-refractivity contribution in [2.75, 3.05) is 11.9 Å². The van der Waals surface area contributed by atoms with Crippen LogP contribution in [0.15, 0.2) is 18.2 Å². The first kappa shape index (κ1) is 15.2. The van der Waals surface area contributed by atoms with Crippen LogP contribution in [0, 0.1) is 0 Å². The molecule has 0 saturated heterocycles. The molecule has 1 aromatic rings. The molecule has 0 radical (unpaired) electrons. The highest BCUT2D eigenvalue weighted by Crippen LogP contribution is 2.26. The Morgan fingerprint density at radius 2 is 1.85 bits per heavy atom. The van der Waals surface area contributed by atoms with E-state index in [0.717, 1.165) is 17.0 Å². The van der Waals surface area contributed by atoms with Gasteiger partial charge in [0.15, 0.2) is 0 Å². The molecule has 2 N–H and O–H groups in total. The van der Waals surface area contributed by atoms with Gasteiger partial charge in [0.05, 0.1) is 13.2 Å². The van der Waals surface area contributed by atoms with Crippen molar-refractivity contribution < 1.29 is 9.84 Å². The third-order valence-corrected chi connectivity index (χ3v) is 4.01. The van der Waals surface area contributed by atoms with E-state index in [9.17, 15) is 5.11 Å². The summed E-state index contributed by atoms with van der Waals surface area (Å²) in [4.78, 5) is 0. The van der Waals surface area contributed by atoms with E-state index in [0.29, 0.717) is 12.6 Å². The molecule has 1 aliphatic carbocycles. The molecule has 0 spiro atoms. The molecule has 2 rings (SSSR count). The Bertz CT molecular complexity index is 398. The molecular weight excluding hydrogens is 250 g/mol. The van der Waals surface area contributed by atoms with Crippen molar-refractivity contribution in [3.63, 3.8) is 0 Å². The van der Waals surface area contributed by atoms with Gasteiger partial charge in [-0.15, -0.1) is 0 Å². The summed E-state index contributed by atoms with van der Waals surface area (Å²) in [5, 5.41) is 13.1. The van der Waals surface area contributed by atoms with Gasteiger partial charge in [-0.3, -0.25) is 0 Å². The fourth-order valence-corrected chi connectivity index (χ4v) is 2.93. The van der Waals surface area contributed by atoms with Crippen molar-refractivity contribution in [2.24, 2.45) is 0 Å². The number of ether oxygens (including phenoxy) is 1. The zero-order chi connectivity index (χ0) is 14.2. The molecule has 1 aliphatic rings. The topological polar surface area (TPSA) is 41.5 Å². The van der Waals surface area contributed by atoms with Crippen LogP contribution in [0.1, 0.15) is 57.4 Å². The molecule has 0 amide bonds. The summed E-state index contributed by atoms with van der Waals surface area (Å²) in [6.45, 7) is 2.61. The van der Waals surface area contributed by atoms with Gasteiger partial charge < -0.3 is 15.2 Å². The van der Waals surface area contributed by atoms with Crippen molar-refractivity contribution in [3.8, 4) is 5.75 Å². The molecular formula is C17H27NO2. The first-order valence-electron chi connectivity index (χ1n) is 7.96. The van der Waals surface area contributed by atoms with E-state index in [2.05, 4.69) is 11.4 Å². The Kier molecular flexibility index (Phi) is 6.19. The summed E-state index contributed by atoms with van der Waals surface area (Å²) < 4.78 is 5.52. The highest BCUT2D eigenvalue weighted by Gasteiger charge is 2.12. The van der Waals surface area contributed by atoms with Crippen LogP contribution in [-0.2, 0) is 6.61 Å². The molecule has 3 heteroatoms. The maximum atomic E-state index is 9.45. The van der Waals surface area contributed by atoms with Crippen molar-refractivity contribution in [1.82, 2.24) is 0 Å². The lowest BCUT2D eigenvalue weighted by molar-refractivity contribution is 0.267. The zero-order valence-electron chi connectivity index (χ0n) is 12.5. The lowest BCUT2D eigenvalue weighted by atomic mass is 9.96. The summed E-state index contributed by atoms with van der Waals surface area (Å²) >= 11 is 0. The van der Waals surface area contributed by atoms with Crippen LogP contribution in [0.25, 0.3) is 0 Å². The molecule has 0 aliphatic heterocycles. The Labute approximate surface area is 122 Å². The minimum absolute atomic E-state index is 0.0233. The standard InChI is InChI=1S/C17H27NO2/c1-2-20-17-11-10-16(12-14(17)13-19)18-15-8-6-4-3-5-7-9-15/h10-12,15,18-19H,2-9,13H2,1H3. The summed E-state index contributed by atoms with van der Waals surface area (Å²) in [6.07, 6.45) is 9.27. The molecule has 0 aromatic heterocycles. The van der Waals surface area contributed by atoms with Gasteiger partial charge in [-0.2, -0.15) is 0 Å². The second kappa shape index (κ2) is 8.15. The molecule has 112 valence electrons. The maximum Gasteiger partial charge on any atom is 0.124 e. The predicted octanol–water partition coefficient (Wildman–Crippen LogP) is 4.10. The van der Waals surface area contributed by atoms with Crippen LogP contribution in [0.5, 0.6) is 5.75 Å².